The van der Waals surface area contributed by atoms with Gasteiger partial charge in [-0.05, 0) is 36.4 Å². The summed E-state index contributed by atoms with van der Waals surface area (Å²) in [5, 5.41) is 0. The van der Waals surface area contributed by atoms with E-state index in [0.717, 1.165) is 4.90 Å². The number of piperazine rings is 1. The number of fused-ring (bicyclic) bond motifs is 1. The predicted octanol–water partition coefficient (Wildman–Crippen LogP) is 1.67. The standard InChI is InChI=1S/C23H23N3O5/c1-31-17-8-6-16(7-9-17)21(28)25-14-12-24(13-15-25)20(27)10-11-26-22(29)18-4-2-3-5-19(18)23(26)30/h2-9H,10-15H2,1H3. The first kappa shape index (κ1) is 20.6. The molecule has 2 aliphatic rings. The Morgan fingerprint density at radius 1 is 0.839 bits per heavy atom. The van der Waals surface area contributed by atoms with E-state index in [1.807, 2.05) is 0 Å². The Labute approximate surface area is 180 Å². The minimum absolute atomic E-state index is 0.0518. The van der Waals surface area contributed by atoms with Crippen LogP contribution in [0, 0.1) is 0 Å². The molecule has 0 N–H and O–H groups in total. The van der Waals surface area contributed by atoms with Crippen molar-refractivity contribution in [2.75, 3.05) is 39.8 Å². The van der Waals surface area contributed by atoms with Crippen LogP contribution in [0.5, 0.6) is 5.75 Å². The highest BCUT2D eigenvalue weighted by atomic mass is 16.5. The Bertz CT molecular complexity index is 991. The number of methoxy groups -OCH3 is 1. The molecule has 2 heterocycles. The molecule has 4 rings (SSSR count). The number of carbonyl (C=O) groups excluding carboxylic acids is 4. The van der Waals surface area contributed by atoms with Gasteiger partial charge in [0.15, 0.2) is 0 Å². The van der Waals surface area contributed by atoms with Crippen LogP contribution in [0.3, 0.4) is 0 Å². The summed E-state index contributed by atoms with van der Waals surface area (Å²) in [5.74, 6) is -0.245. The zero-order valence-corrected chi connectivity index (χ0v) is 17.2. The fraction of sp³-hybridized carbons (Fsp3) is 0.304. The van der Waals surface area contributed by atoms with Gasteiger partial charge in [0.25, 0.3) is 17.7 Å². The van der Waals surface area contributed by atoms with Gasteiger partial charge >= 0.3 is 0 Å². The van der Waals surface area contributed by atoms with Crippen LogP contribution >= 0.6 is 0 Å². The summed E-state index contributed by atoms with van der Waals surface area (Å²) in [6.45, 7) is 1.76. The third-order valence-electron chi connectivity index (χ3n) is 5.68. The molecule has 160 valence electrons. The second-order valence-electron chi connectivity index (χ2n) is 7.46. The highest BCUT2D eigenvalue weighted by Gasteiger charge is 2.35. The summed E-state index contributed by atoms with van der Waals surface area (Å²) in [6, 6.07) is 13.6. The van der Waals surface area contributed by atoms with Crippen molar-refractivity contribution in [3.63, 3.8) is 0 Å². The lowest BCUT2D eigenvalue weighted by atomic mass is 10.1. The van der Waals surface area contributed by atoms with E-state index < -0.39 is 0 Å². The lowest BCUT2D eigenvalue weighted by molar-refractivity contribution is -0.132. The molecule has 0 radical (unpaired) electrons. The van der Waals surface area contributed by atoms with E-state index in [-0.39, 0.29) is 36.6 Å². The summed E-state index contributed by atoms with van der Waals surface area (Å²) in [6.07, 6.45) is 0.0674. The van der Waals surface area contributed by atoms with Crippen molar-refractivity contribution >= 4 is 23.6 Å². The van der Waals surface area contributed by atoms with E-state index in [1.165, 1.54) is 0 Å². The maximum absolute atomic E-state index is 12.7. The number of nitrogens with zero attached hydrogens (tertiary/aromatic N) is 3. The first-order chi connectivity index (χ1) is 15.0. The fourth-order valence-electron chi connectivity index (χ4n) is 3.88. The van der Waals surface area contributed by atoms with E-state index in [1.54, 1.807) is 65.4 Å². The van der Waals surface area contributed by atoms with Gasteiger partial charge in [0.1, 0.15) is 5.75 Å². The van der Waals surface area contributed by atoms with Gasteiger partial charge in [0.2, 0.25) is 5.91 Å². The normalized spacial score (nSPS) is 15.8. The van der Waals surface area contributed by atoms with E-state index in [2.05, 4.69) is 0 Å². The number of carbonyl (C=O) groups is 4. The number of ether oxygens (including phenoxy) is 1. The van der Waals surface area contributed by atoms with Crippen LogP contribution in [0.2, 0.25) is 0 Å². The molecular weight excluding hydrogens is 398 g/mol. The van der Waals surface area contributed by atoms with Crippen LogP contribution in [0.15, 0.2) is 48.5 Å². The molecule has 0 aliphatic carbocycles. The van der Waals surface area contributed by atoms with Crippen LogP contribution in [0.25, 0.3) is 0 Å². The van der Waals surface area contributed by atoms with E-state index in [4.69, 9.17) is 4.74 Å². The molecule has 1 fully saturated rings. The average molecular weight is 421 g/mol. The zero-order valence-electron chi connectivity index (χ0n) is 17.2. The van der Waals surface area contributed by atoms with E-state index in [0.29, 0.717) is 48.6 Å². The van der Waals surface area contributed by atoms with Crippen molar-refractivity contribution in [3.05, 3.63) is 65.2 Å². The number of rotatable bonds is 5. The van der Waals surface area contributed by atoms with Crippen LogP contribution in [0.4, 0.5) is 0 Å². The maximum atomic E-state index is 12.7. The Morgan fingerprint density at radius 2 is 1.39 bits per heavy atom. The molecule has 8 heteroatoms. The molecule has 0 unspecified atom stereocenters. The first-order valence-corrected chi connectivity index (χ1v) is 10.2. The molecular formula is C23H23N3O5. The molecule has 0 bridgehead atoms. The van der Waals surface area contributed by atoms with Crippen molar-refractivity contribution < 1.29 is 23.9 Å². The summed E-state index contributed by atoms with van der Waals surface area (Å²) < 4.78 is 5.11. The summed E-state index contributed by atoms with van der Waals surface area (Å²) >= 11 is 0. The van der Waals surface area contributed by atoms with Gasteiger partial charge in [-0.3, -0.25) is 24.1 Å². The van der Waals surface area contributed by atoms with Crippen LogP contribution in [-0.4, -0.2) is 78.2 Å². The van der Waals surface area contributed by atoms with Crippen molar-refractivity contribution in [1.82, 2.24) is 14.7 Å². The number of amides is 4. The smallest absolute Gasteiger partial charge is 0.261 e. The number of benzene rings is 2. The van der Waals surface area contributed by atoms with Crippen molar-refractivity contribution in [2.45, 2.75) is 6.42 Å². The molecule has 0 aromatic heterocycles. The molecule has 8 nitrogen and oxygen atoms in total. The maximum Gasteiger partial charge on any atom is 0.261 e. The quantitative estimate of drug-likeness (QED) is 0.686. The Morgan fingerprint density at radius 3 is 1.94 bits per heavy atom. The third kappa shape index (κ3) is 4.01. The van der Waals surface area contributed by atoms with Crippen LogP contribution in [-0.2, 0) is 4.79 Å². The molecule has 4 amide bonds. The highest BCUT2D eigenvalue weighted by molar-refractivity contribution is 6.21. The minimum atomic E-state index is -0.358. The molecule has 2 aromatic rings. The first-order valence-electron chi connectivity index (χ1n) is 10.2. The number of hydrogen-bond donors (Lipinski definition) is 0. The van der Waals surface area contributed by atoms with E-state index in [9.17, 15) is 19.2 Å². The van der Waals surface area contributed by atoms with Gasteiger partial charge in [-0.15, -0.1) is 0 Å². The van der Waals surface area contributed by atoms with Crippen molar-refractivity contribution in [2.24, 2.45) is 0 Å². The monoisotopic (exact) mass is 421 g/mol. The molecule has 1 saturated heterocycles. The summed E-state index contributed by atoms with van der Waals surface area (Å²) in [7, 11) is 1.57. The molecule has 0 spiro atoms. The Balaban J connectivity index is 1.28. The SMILES string of the molecule is COc1ccc(C(=O)N2CCN(C(=O)CCN3C(=O)c4ccccc4C3=O)CC2)cc1. The van der Waals surface area contributed by atoms with Crippen molar-refractivity contribution in [3.8, 4) is 5.75 Å². The van der Waals surface area contributed by atoms with Crippen LogP contribution in [0.1, 0.15) is 37.5 Å². The second kappa shape index (κ2) is 8.59. The highest BCUT2D eigenvalue weighted by Crippen LogP contribution is 2.22. The summed E-state index contributed by atoms with van der Waals surface area (Å²) in [4.78, 5) is 54.6. The van der Waals surface area contributed by atoms with Gasteiger partial charge in [-0.1, -0.05) is 12.1 Å². The van der Waals surface area contributed by atoms with Gasteiger partial charge in [0, 0.05) is 44.7 Å². The number of imide groups is 1. The fourth-order valence-corrected chi connectivity index (χ4v) is 3.88. The number of hydrogen-bond acceptors (Lipinski definition) is 5. The Kier molecular flexibility index (Phi) is 5.70. The molecule has 31 heavy (non-hydrogen) atoms. The van der Waals surface area contributed by atoms with Gasteiger partial charge in [-0.2, -0.15) is 0 Å². The van der Waals surface area contributed by atoms with Crippen molar-refractivity contribution in [1.29, 1.82) is 0 Å². The largest absolute Gasteiger partial charge is 0.497 e. The average Bonchev–Trinajstić information content (AvgIpc) is 3.07. The molecule has 2 aliphatic heterocycles. The zero-order chi connectivity index (χ0) is 22.0. The van der Waals surface area contributed by atoms with E-state index >= 15 is 0 Å². The van der Waals surface area contributed by atoms with Gasteiger partial charge < -0.3 is 14.5 Å². The summed E-state index contributed by atoms with van der Waals surface area (Å²) in [5.41, 5.74) is 1.34. The molecule has 2 aromatic carbocycles. The van der Waals surface area contributed by atoms with Crippen LogP contribution < -0.4 is 4.74 Å². The lowest BCUT2D eigenvalue weighted by Gasteiger charge is -2.35. The van der Waals surface area contributed by atoms with Gasteiger partial charge in [0.05, 0.1) is 18.2 Å². The topological polar surface area (TPSA) is 87.2 Å². The van der Waals surface area contributed by atoms with Gasteiger partial charge in [-0.25, -0.2) is 0 Å². The second-order valence-corrected chi connectivity index (χ2v) is 7.46. The lowest BCUT2D eigenvalue weighted by Crippen LogP contribution is -2.51. The minimum Gasteiger partial charge on any atom is -0.497 e. The third-order valence-corrected chi connectivity index (χ3v) is 5.68. The predicted molar refractivity (Wildman–Crippen MR) is 112 cm³/mol. The Hall–Kier alpha value is -3.68. The molecule has 0 saturated carbocycles. The molecule has 0 atom stereocenters.